The normalized spacial score (nSPS) is 17.2. The number of nitrogens with one attached hydrogen (secondary N) is 1. The number of hydrogen-bond donors (Lipinski definition) is 2. The Morgan fingerprint density at radius 2 is 2.11 bits per heavy atom. The molecule has 0 radical (unpaired) electrons. The third-order valence-electron chi connectivity index (χ3n) is 2.96. The predicted molar refractivity (Wildman–Crippen MR) is 68.8 cm³/mol. The number of carbonyl (C=O) groups is 2. The van der Waals surface area contributed by atoms with Crippen molar-refractivity contribution in [1.29, 1.82) is 0 Å². The Labute approximate surface area is 105 Å². The maximum atomic E-state index is 12.0. The van der Waals surface area contributed by atoms with Crippen molar-refractivity contribution >= 4 is 23.1 Å². The highest BCUT2D eigenvalue weighted by atomic mass is 16.5. The summed E-state index contributed by atoms with van der Waals surface area (Å²) in [5, 5.41) is 2.75. The highest BCUT2D eigenvalue weighted by Gasteiger charge is 2.33. The summed E-state index contributed by atoms with van der Waals surface area (Å²) in [5.41, 5.74) is 6.48. The first-order valence-corrected chi connectivity index (χ1v) is 5.70. The highest BCUT2D eigenvalue weighted by Crippen LogP contribution is 2.37. The van der Waals surface area contributed by atoms with Gasteiger partial charge in [-0.15, -0.1) is 0 Å². The lowest BCUT2D eigenvalue weighted by Crippen LogP contribution is -2.33. The van der Waals surface area contributed by atoms with Crippen LogP contribution in [0.15, 0.2) is 12.1 Å². The van der Waals surface area contributed by atoms with E-state index in [-0.39, 0.29) is 18.3 Å². The lowest BCUT2D eigenvalue weighted by atomic mass is 9.94. The Morgan fingerprint density at radius 1 is 1.44 bits per heavy atom. The van der Waals surface area contributed by atoms with Gasteiger partial charge >= 0.3 is 0 Å². The summed E-state index contributed by atoms with van der Waals surface area (Å²) in [7, 11) is 0. The Morgan fingerprint density at radius 3 is 2.72 bits per heavy atom. The number of ether oxygens (including phenoxy) is 1. The fourth-order valence-electron chi connectivity index (χ4n) is 1.72. The minimum Gasteiger partial charge on any atom is -0.488 e. The van der Waals surface area contributed by atoms with Gasteiger partial charge in [0.05, 0.1) is 16.8 Å². The minimum absolute atomic E-state index is 0.109. The van der Waals surface area contributed by atoms with E-state index in [4.69, 9.17) is 10.5 Å². The molecular weight excluding hydrogens is 232 g/mol. The number of rotatable bonds is 1. The molecule has 0 atom stereocenters. The summed E-state index contributed by atoms with van der Waals surface area (Å²) in [6.07, 6.45) is 0. The Balaban J connectivity index is 2.51. The monoisotopic (exact) mass is 248 g/mol. The molecule has 96 valence electrons. The minimum atomic E-state index is -0.637. The van der Waals surface area contributed by atoms with Crippen molar-refractivity contribution in [1.82, 2.24) is 0 Å². The molecule has 0 aromatic heterocycles. The number of benzene rings is 1. The standard InChI is InChI=1S/C13H16N2O3/c1-7(16)8-4-9(14)11-10(5-8)15-12(17)13(2,3)6-18-11/h4-5H,6,14H2,1-3H3,(H,15,17). The average molecular weight is 248 g/mol. The van der Waals surface area contributed by atoms with E-state index in [0.29, 0.717) is 22.7 Å². The lowest BCUT2D eigenvalue weighted by molar-refractivity contribution is -0.124. The summed E-state index contributed by atoms with van der Waals surface area (Å²) >= 11 is 0. The summed E-state index contributed by atoms with van der Waals surface area (Å²) in [6.45, 7) is 5.27. The molecule has 0 unspecified atom stereocenters. The van der Waals surface area contributed by atoms with E-state index in [1.807, 2.05) is 0 Å². The fraction of sp³-hybridized carbons (Fsp3) is 0.385. The van der Waals surface area contributed by atoms with Crippen LogP contribution in [0.5, 0.6) is 5.75 Å². The molecule has 2 rings (SSSR count). The van der Waals surface area contributed by atoms with Crippen molar-refractivity contribution in [3.8, 4) is 5.75 Å². The predicted octanol–water partition coefficient (Wildman–Crippen LogP) is 1.83. The summed E-state index contributed by atoms with van der Waals surface area (Å²) < 4.78 is 5.58. The lowest BCUT2D eigenvalue weighted by Gasteiger charge is -2.18. The van der Waals surface area contributed by atoms with Gasteiger partial charge < -0.3 is 15.8 Å². The van der Waals surface area contributed by atoms with Crippen LogP contribution >= 0.6 is 0 Å². The Bertz CT molecular complexity index is 535. The number of carbonyl (C=O) groups excluding carboxylic acids is 2. The number of ketones is 1. The van der Waals surface area contributed by atoms with Crippen LogP contribution in [0.2, 0.25) is 0 Å². The quantitative estimate of drug-likeness (QED) is 0.586. The maximum absolute atomic E-state index is 12.0. The zero-order chi connectivity index (χ0) is 13.5. The van der Waals surface area contributed by atoms with E-state index in [2.05, 4.69) is 5.32 Å². The molecule has 5 nitrogen and oxygen atoms in total. The molecule has 0 fully saturated rings. The first-order chi connectivity index (χ1) is 8.31. The van der Waals surface area contributed by atoms with Crippen LogP contribution in [0.3, 0.4) is 0 Å². The van der Waals surface area contributed by atoms with Gasteiger partial charge in [0.15, 0.2) is 11.5 Å². The highest BCUT2D eigenvalue weighted by molar-refractivity contribution is 6.02. The van der Waals surface area contributed by atoms with Gasteiger partial charge in [0.1, 0.15) is 6.61 Å². The molecule has 0 aliphatic carbocycles. The number of anilines is 2. The van der Waals surface area contributed by atoms with Crippen LogP contribution < -0.4 is 15.8 Å². The van der Waals surface area contributed by atoms with Gasteiger partial charge in [0, 0.05) is 5.56 Å². The molecule has 3 N–H and O–H groups in total. The van der Waals surface area contributed by atoms with Crippen LogP contribution in [0.1, 0.15) is 31.1 Å². The van der Waals surface area contributed by atoms with Crippen LogP contribution in [0, 0.1) is 5.41 Å². The maximum Gasteiger partial charge on any atom is 0.233 e. The van der Waals surface area contributed by atoms with E-state index in [9.17, 15) is 9.59 Å². The van der Waals surface area contributed by atoms with E-state index in [0.717, 1.165) is 0 Å². The molecular formula is C13H16N2O3. The summed E-state index contributed by atoms with van der Waals surface area (Å²) in [6, 6.07) is 3.15. The first kappa shape index (κ1) is 12.4. The largest absolute Gasteiger partial charge is 0.488 e. The number of nitrogen functional groups attached to an aromatic ring is 1. The molecule has 1 amide bonds. The van der Waals surface area contributed by atoms with Gasteiger partial charge in [0.25, 0.3) is 0 Å². The SMILES string of the molecule is CC(=O)c1cc(N)c2c(c1)NC(=O)C(C)(C)CO2. The van der Waals surface area contributed by atoms with Crippen LogP contribution in [0.25, 0.3) is 0 Å². The first-order valence-electron chi connectivity index (χ1n) is 5.70. The van der Waals surface area contributed by atoms with E-state index < -0.39 is 5.41 Å². The molecule has 1 aromatic carbocycles. The Kier molecular flexibility index (Phi) is 2.77. The van der Waals surface area contributed by atoms with Crippen LogP contribution in [-0.2, 0) is 4.79 Å². The van der Waals surface area contributed by atoms with Crippen molar-refractivity contribution in [2.75, 3.05) is 17.7 Å². The van der Waals surface area contributed by atoms with E-state index in [1.54, 1.807) is 26.0 Å². The molecule has 0 bridgehead atoms. The van der Waals surface area contributed by atoms with Crippen LogP contribution in [-0.4, -0.2) is 18.3 Å². The summed E-state index contributed by atoms with van der Waals surface area (Å²) in [5.74, 6) is 0.169. The topological polar surface area (TPSA) is 81.4 Å². The number of amides is 1. The second kappa shape index (κ2) is 4.01. The van der Waals surface area contributed by atoms with Gasteiger partial charge in [0.2, 0.25) is 5.91 Å². The molecule has 0 saturated carbocycles. The number of hydrogen-bond acceptors (Lipinski definition) is 4. The zero-order valence-electron chi connectivity index (χ0n) is 10.7. The zero-order valence-corrected chi connectivity index (χ0v) is 10.7. The van der Waals surface area contributed by atoms with Gasteiger partial charge in [-0.05, 0) is 32.9 Å². The Hall–Kier alpha value is -2.04. The van der Waals surface area contributed by atoms with Crippen molar-refractivity contribution in [2.24, 2.45) is 5.41 Å². The molecule has 0 spiro atoms. The average Bonchev–Trinajstić information content (AvgIpc) is 2.37. The summed E-state index contributed by atoms with van der Waals surface area (Å²) in [4.78, 5) is 23.3. The van der Waals surface area contributed by atoms with Gasteiger partial charge in [-0.3, -0.25) is 9.59 Å². The molecule has 1 aromatic rings. The van der Waals surface area contributed by atoms with E-state index in [1.165, 1.54) is 6.92 Å². The third kappa shape index (κ3) is 2.03. The van der Waals surface area contributed by atoms with Gasteiger partial charge in [-0.25, -0.2) is 0 Å². The van der Waals surface area contributed by atoms with Crippen molar-refractivity contribution < 1.29 is 14.3 Å². The molecule has 0 saturated heterocycles. The van der Waals surface area contributed by atoms with Crippen molar-refractivity contribution in [3.05, 3.63) is 17.7 Å². The van der Waals surface area contributed by atoms with Crippen molar-refractivity contribution in [3.63, 3.8) is 0 Å². The number of Topliss-reactive ketones (excluding diaryl/α,β-unsaturated/α-hetero) is 1. The number of nitrogens with two attached hydrogens (primary N) is 1. The molecule has 1 aliphatic rings. The van der Waals surface area contributed by atoms with Gasteiger partial charge in [-0.1, -0.05) is 0 Å². The molecule has 5 heteroatoms. The van der Waals surface area contributed by atoms with Crippen molar-refractivity contribution in [2.45, 2.75) is 20.8 Å². The molecule has 1 aliphatic heterocycles. The second-order valence-electron chi connectivity index (χ2n) is 5.13. The molecule has 18 heavy (non-hydrogen) atoms. The van der Waals surface area contributed by atoms with Gasteiger partial charge in [-0.2, -0.15) is 0 Å². The fourth-order valence-corrected chi connectivity index (χ4v) is 1.72. The van der Waals surface area contributed by atoms with Crippen LogP contribution in [0.4, 0.5) is 11.4 Å². The smallest absolute Gasteiger partial charge is 0.233 e. The van der Waals surface area contributed by atoms with E-state index >= 15 is 0 Å². The third-order valence-corrected chi connectivity index (χ3v) is 2.96. The number of fused-ring (bicyclic) bond motifs is 1. The second-order valence-corrected chi connectivity index (χ2v) is 5.13. The molecule has 1 heterocycles.